The molecule has 0 aliphatic carbocycles. The fraction of sp³-hybridized carbons (Fsp3) is 0.474. The van der Waals surface area contributed by atoms with Crippen LogP contribution in [0.25, 0.3) is 10.9 Å². The number of carbonyl (C=O) groups excluding carboxylic acids is 1. The number of nitrogens with zero attached hydrogens (tertiary/aromatic N) is 2. The van der Waals surface area contributed by atoms with Crippen molar-refractivity contribution in [1.82, 2.24) is 14.8 Å². The van der Waals surface area contributed by atoms with Crippen LogP contribution in [0.3, 0.4) is 0 Å². The number of likely N-dealkylation sites (tertiary alicyclic amines) is 1. The summed E-state index contributed by atoms with van der Waals surface area (Å²) in [4.78, 5) is 33.0. The monoisotopic (exact) mass is 341 g/mol. The van der Waals surface area contributed by atoms with Crippen molar-refractivity contribution in [2.45, 2.75) is 13.0 Å². The zero-order chi connectivity index (χ0) is 17.4. The lowest BCUT2D eigenvalue weighted by Crippen LogP contribution is -2.47. The van der Waals surface area contributed by atoms with Crippen molar-refractivity contribution >= 4 is 16.8 Å². The first-order chi connectivity index (χ1) is 12.1. The minimum atomic E-state index is -0.193. The van der Waals surface area contributed by atoms with Crippen molar-refractivity contribution in [2.75, 3.05) is 39.4 Å². The molecular formula is C19H23N3O3. The molecule has 1 N–H and O–H groups in total. The van der Waals surface area contributed by atoms with Crippen LogP contribution in [0.15, 0.2) is 35.3 Å². The number of H-pyrrole nitrogens is 1. The molecule has 0 radical (unpaired) electrons. The van der Waals surface area contributed by atoms with Crippen LogP contribution in [0.4, 0.5) is 0 Å². The van der Waals surface area contributed by atoms with E-state index >= 15 is 0 Å². The van der Waals surface area contributed by atoms with Gasteiger partial charge in [0.15, 0.2) is 0 Å². The predicted octanol–water partition coefficient (Wildman–Crippen LogP) is 1.32. The summed E-state index contributed by atoms with van der Waals surface area (Å²) in [5.74, 6) is 0.219. The second-order valence-electron chi connectivity index (χ2n) is 6.98. The number of carbonyl (C=O) groups is 1. The number of amides is 1. The Morgan fingerprint density at radius 2 is 1.96 bits per heavy atom. The van der Waals surface area contributed by atoms with E-state index in [0.29, 0.717) is 30.4 Å². The highest BCUT2D eigenvalue weighted by Crippen LogP contribution is 2.24. The van der Waals surface area contributed by atoms with Gasteiger partial charge in [-0.25, -0.2) is 0 Å². The van der Waals surface area contributed by atoms with Crippen LogP contribution in [-0.2, 0) is 4.74 Å². The van der Waals surface area contributed by atoms with Gasteiger partial charge in [0.2, 0.25) is 5.43 Å². The Bertz CT molecular complexity index is 841. The van der Waals surface area contributed by atoms with Crippen LogP contribution in [0.2, 0.25) is 0 Å². The van der Waals surface area contributed by atoms with Crippen molar-refractivity contribution in [3.63, 3.8) is 0 Å². The van der Waals surface area contributed by atoms with E-state index in [1.807, 2.05) is 23.1 Å². The third-order valence-electron chi connectivity index (χ3n) is 5.39. The van der Waals surface area contributed by atoms with Gasteiger partial charge in [-0.2, -0.15) is 0 Å². The Kier molecular flexibility index (Phi) is 4.31. The number of hydrogen-bond acceptors (Lipinski definition) is 4. The molecule has 2 aliphatic heterocycles. The van der Waals surface area contributed by atoms with Crippen LogP contribution < -0.4 is 5.43 Å². The highest BCUT2D eigenvalue weighted by Gasteiger charge is 2.37. The molecule has 2 aliphatic rings. The quantitative estimate of drug-likeness (QED) is 0.895. The number of fused-ring (bicyclic) bond motifs is 1. The van der Waals surface area contributed by atoms with E-state index in [1.54, 1.807) is 12.3 Å². The molecule has 1 amide bonds. The predicted molar refractivity (Wildman–Crippen MR) is 95.8 cm³/mol. The van der Waals surface area contributed by atoms with Crippen molar-refractivity contribution in [3.8, 4) is 0 Å². The number of morpholine rings is 1. The molecule has 0 saturated carbocycles. The molecular weight excluding hydrogens is 318 g/mol. The number of aromatic nitrogens is 1. The Hall–Kier alpha value is -2.18. The van der Waals surface area contributed by atoms with Gasteiger partial charge in [-0.15, -0.1) is 0 Å². The maximum atomic E-state index is 12.9. The number of pyridine rings is 1. The molecule has 6 nitrogen and oxygen atoms in total. The van der Waals surface area contributed by atoms with Crippen LogP contribution in [0, 0.1) is 5.92 Å². The fourth-order valence-corrected chi connectivity index (χ4v) is 4.00. The van der Waals surface area contributed by atoms with Crippen LogP contribution in [-0.4, -0.2) is 66.1 Å². The van der Waals surface area contributed by atoms with Gasteiger partial charge in [0.25, 0.3) is 5.91 Å². The van der Waals surface area contributed by atoms with Gasteiger partial charge >= 0.3 is 0 Å². The normalized spacial score (nSPS) is 24.8. The summed E-state index contributed by atoms with van der Waals surface area (Å²) < 4.78 is 5.43. The first-order valence-corrected chi connectivity index (χ1v) is 8.86. The zero-order valence-corrected chi connectivity index (χ0v) is 14.4. The topological polar surface area (TPSA) is 65.6 Å². The van der Waals surface area contributed by atoms with E-state index in [9.17, 15) is 9.59 Å². The third-order valence-corrected chi connectivity index (χ3v) is 5.39. The molecule has 1 aromatic heterocycles. The summed E-state index contributed by atoms with van der Waals surface area (Å²) >= 11 is 0. The zero-order valence-electron chi connectivity index (χ0n) is 14.4. The molecule has 2 fully saturated rings. The average molecular weight is 341 g/mol. The third kappa shape index (κ3) is 2.96. The second-order valence-corrected chi connectivity index (χ2v) is 6.98. The largest absolute Gasteiger partial charge is 0.379 e. The first kappa shape index (κ1) is 16.3. The fourth-order valence-electron chi connectivity index (χ4n) is 4.00. The van der Waals surface area contributed by atoms with Gasteiger partial charge in [0.1, 0.15) is 5.56 Å². The standard InChI is InChI=1S/C19H23N3O3/c1-13-11-22(12-17(13)21-6-8-25-9-7-21)19(24)15-10-20-16-5-3-2-4-14(16)18(15)23/h2-5,10,13,17H,6-9,11-12H2,1H3,(H,20,23)/t13-,17-/m0/s1. The number of hydrogen-bond donors (Lipinski definition) is 1. The van der Waals surface area contributed by atoms with Gasteiger partial charge in [0.05, 0.1) is 13.2 Å². The smallest absolute Gasteiger partial charge is 0.259 e. The molecule has 0 bridgehead atoms. The van der Waals surface area contributed by atoms with Crippen LogP contribution in [0.5, 0.6) is 0 Å². The molecule has 3 heterocycles. The van der Waals surface area contributed by atoms with Crippen LogP contribution in [0.1, 0.15) is 17.3 Å². The molecule has 2 atom stereocenters. The summed E-state index contributed by atoms with van der Waals surface area (Å²) in [5.41, 5.74) is 0.792. The number of para-hydroxylation sites is 1. The summed E-state index contributed by atoms with van der Waals surface area (Å²) in [7, 11) is 0. The number of nitrogens with one attached hydrogen (secondary N) is 1. The van der Waals surface area contributed by atoms with Gasteiger partial charge in [-0.1, -0.05) is 19.1 Å². The summed E-state index contributed by atoms with van der Waals surface area (Å²) in [6.45, 7) is 6.86. The van der Waals surface area contributed by atoms with E-state index in [1.165, 1.54) is 0 Å². The molecule has 2 aromatic rings. The molecule has 0 unspecified atom stereocenters. The molecule has 0 spiro atoms. The highest BCUT2D eigenvalue weighted by molar-refractivity contribution is 5.97. The van der Waals surface area contributed by atoms with Crippen molar-refractivity contribution in [1.29, 1.82) is 0 Å². The van der Waals surface area contributed by atoms with Crippen LogP contribution >= 0.6 is 0 Å². The first-order valence-electron chi connectivity index (χ1n) is 8.86. The molecule has 1 aromatic carbocycles. The molecule has 6 heteroatoms. The van der Waals surface area contributed by atoms with Crippen molar-refractivity contribution < 1.29 is 9.53 Å². The number of rotatable bonds is 2. The van der Waals surface area contributed by atoms with E-state index in [2.05, 4.69) is 16.8 Å². The Morgan fingerprint density at radius 1 is 1.20 bits per heavy atom. The summed E-state index contributed by atoms with van der Waals surface area (Å²) in [6.07, 6.45) is 1.56. The van der Waals surface area contributed by atoms with Gasteiger partial charge in [-0.3, -0.25) is 14.5 Å². The molecule has 2 saturated heterocycles. The Morgan fingerprint density at radius 3 is 2.76 bits per heavy atom. The maximum absolute atomic E-state index is 12.9. The summed E-state index contributed by atoms with van der Waals surface area (Å²) in [5, 5.41) is 0.560. The lowest BCUT2D eigenvalue weighted by atomic mass is 10.0. The lowest BCUT2D eigenvalue weighted by molar-refractivity contribution is 0.0119. The second kappa shape index (κ2) is 6.61. The Labute approximate surface area is 146 Å². The lowest BCUT2D eigenvalue weighted by Gasteiger charge is -2.33. The molecule has 132 valence electrons. The van der Waals surface area contributed by atoms with E-state index < -0.39 is 0 Å². The number of benzene rings is 1. The summed E-state index contributed by atoms with van der Waals surface area (Å²) in [6, 6.07) is 7.63. The minimum Gasteiger partial charge on any atom is -0.379 e. The van der Waals surface area contributed by atoms with Gasteiger partial charge < -0.3 is 14.6 Å². The average Bonchev–Trinajstić information content (AvgIpc) is 3.04. The minimum absolute atomic E-state index is 0.172. The van der Waals surface area contributed by atoms with Crippen molar-refractivity contribution in [2.24, 2.45) is 5.92 Å². The maximum Gasteiger partial charge on any atom is 0.259 e. The molecule has 4 rings (SSSR count). The van der Waals surface area contributed by atoms with Gasteiger partial charge in [-0.05, 0) is 18.1 Å². The highest BCUT2D eigenvalue weighted by atomic mass is 16.5. The van der Waals surface area contributed by atoms with Gasteiger partial charge in [0, 0.05) is 49.3 Å². The van der Waals surface area contributed by atoms with E-state index in [0.717, 1.165) is 31.8 Å². The Balaban J connectivity index is 1.57. The SMILES string of the molecule is C[C@H]1CN(C(=O)c2c[nH]c3ccccc3c2=O)C[C@@H]1N1CCOCC1. The van der Waals surface area contributed by atoms with E-state index in [-0.39, 0.29) is 16.9 Å². The number of aromatic amines is 1. The number of ether oxygens (including phenoxy) is 1. The van der Waals surface area contributed by atoms with E-state index in [4.69, 9.17) is 4.74 Å². The molecule has 25 heavy (non-hydrogen) atoms. The van der Waals surface area contributed by atoms with Crippen molar-refractivity contribution in [3.05, 3.63) is 46.2 Å².